The first-order chi connectivity index (χ1) is 13.0. The summed E-state index contributed by atoms with van der Waals surface area (Å²) in [6.07, 6.45) is 3.08. The van der Waals surface area contributed by atoms with Gasteiger partial charge in [-0.3, -0.25) is 4.79 Å². The smallest absolute Gasteiger partial charge is 0.350 e. The molecular weight excluding hydrogens is 388 g/mol. The number of thiazole rings is 1. The van der Waals surface area contributed by atoms with Gasteiger partial charge < -0.3 is 20.7 Å². The quantitative estimate of drug-likeness (QED) is 0.343. The van der Waals surface area contributed by atoms with Gasteiger partial charge in [-0.25, -0.2) is 14.6 Å². The molecule has 2 aliphatic heterocycles. The van der Waals surface area contributed by atoms with Crippen LogP contribution < -0.4 is 16.0 Å². The summed E-state index contributed by atoms with van der Waals surface area (Å²) in [6, 6.07) is 0.365. The number of hydrogen-bond donors (Lipinski definition) is 3. The van der Waals surface area contributed by atoms with Gasteiger partial charge in [-0.15, -0.1) is 0 Å². The highest BCUT2D eigenvalue weighted by molar-refractivity contribution is 8.00. The first kappa shape index (κ1) is 19.9. The maximum absolute atomic E-state index is 12.1. The van der Waals surface area contributed by atoms with Crippen molar-refractivity contribution in [1.29, 1.82) is 0 Å². The first-order valence-corrected chi connectivity index (χ1v) is 11.0. The van der Waals surface area contributed by atoms with Crippen molar-refractivity contribution in [2.24, 2.45) is 0 Å². The van der Waals surface area contributed by atoms with Crippen LogP contribution in [0.15, 0.2) is 0 Å². The number of carbonyl (C=O) groups excluding carboxylic acids is 3. The number of rotatable bonds is 8. The number of aromatic nitrogens is 1. The number of ether oxygens (including phenoxy) is 1. The zero-order valence-corrected chi connectivity index (χ0v) is 17.0. The minimum absolute atomic E-state index is 0.0735. The third-order valence-corrected chi connectivity index (χ3v) is 7.15. The first-order valence-electron chi connectivity index (χ1n) is 9.11. The van der Waals surface area contributed by atoms with Crippen LogP contribution in [0.2, 0.25) is 0 Å². The maximum atomic E-state index is 12.1. The molecule has 3 heterocycles. The molecule has 27 heavy (non-hydrogen) atoms. The summed E-state index contributed by atoms with van der Waals surface area (Å²) in [4.78, 5) is 39.9. The molecule has 1 aromatic heterocycles. The molecule has 2 fully saturated rings. The summed E-state index contributed by atoms with van der Waals surface area (Å²) in [5.41, 5.74) is 0.564. The number of urea groups is 1. The van der Waals surface area contributed by atoms with E-state index < -0.39 is 5.97 Å². The van der Waals surface area contributed by atoms with Crippen LogP contribution in [-0.4, -0.2) is 52.6 Å². The fraction of sp³-hybridized carbons (Fsp3) is 0.647. The molecule has 0 bridgehead atoms. The molecule has 3 N–H and O–H groups in total. The van der Waals surface area contributed by atoms with Crippen LogP contribution in [0.5, 0.6) is 0 Å². The molecule has 0 aromatic carbocycles. The summed E-state index contributed by atoms with van der Waals surface area (Å²) in [5, 5.41) is 9.50. The molecule has 3 amide bonds. The predicted octanol–water partition coefficient (Wildman–Crippen LogP) is 2.29. The zero-order valence-electron chi connectivity index (χ0n) is 15.4. The maximum Gasteiger partial charge on any atom is 0.350 e. The van der Waals surface area contributed by atoms with E-state index in [0.29, 0.717) is 34.0 Å². The van der Waals surface area contributed by atoms with E-state index in [-0.39, 0.29) is 24.0 Å². The van der Waals surface area contributed by atoms with E-state index in [1.165, 1.54) is 0 Å². The van der Waals surface area contributed by atoms with Crippen LogP contribution in [0.4, 0.5) is 9.93 Å². The van der Waals surface area contributed by atoms with Crippen molar-refractivity contribution >= 4 is 46.1 Å². The molecule has 0 radical (unpaired) electrons. The lowest BCUT2D eigenvalue weighted by atomic mass is 10.0. The largest absolute Gasteiger partial charge is 0.462 e. The van der Waals surface area contributed by atoms with E-state index in [9.17, 15) is 14.4 Å². The van der Waals surface area contributed by atoms with Gasteiger partial charge in [0.1, 0.15) is 4.88 Å². The summed E-state index contributed by atoms with van der Waals surface area (Å²) in [6.45, 7) is 3.78. The second-order valence-corrected chi connectivity index (χ2v) is 8.84. The number of nitrogens with zero attached hydrogens (tertiary/aromatic N) is 1. The number of anilines is 1. The van der Waals surface area contributed by atoms with Crippen LogP contribution in [0.1, 0.15) is 48.0 Å². The minimum atomic E-state index is -0.408. The standard InChI is InChI=1S/C17H24N4O4S2/c1-3-25-15(23)14-9(2)18-17(27-14)20-12(22)7-5-4-6-11-13-10(8-26-11)19-16(24)21-13/h10-11,13H,3-8H2,1-2H3,(H,18,20,22)(H2,19,21,24). The molecule has 2 saturated heterocycles. The third-order valence-electron chi connectivity index (χ3n) is 4.58. The highest BCUT2D eigenvalue weighted by Crippen LogP contribution is 2.33. The van der Waals surface area contributed by atoms with Gasteiger partial charge in [-0.05, 0) is 26.7 Å². The Morgan fingerprint density at radius 2 is 2.15 bits per heavy atom. The summed E-state index contributed by atoms with van der Waals surface area (Å²) >= 11 is 3.02. The van der Waals surface area contributed by atoms with Crippen LogP contribution >= 0.6 is 23.1 Å². The normalized spacial score (nSPS) is 23.5. The molecule has 8 nitrogen and oxygen atoms in total. The zero-order chi connectivity index (χ0) is 19.4. The van der Waals surface area contributed by atoms with Crippen molar-refractivity contribution < 1.29 is 19.1 Å². The highest BCUT2D eigenvalue weighted by atomic mass is 32.2. The Kier molecular flexibility index (Phi) is 6.59. The average molecular weight is 413 g/mol. The van der Waals surface area contributed by atoms with E-state index >= 15 is 0 Å². The summed E-state index contributed by atoms with van der Waals surface area (Å²) in [5.74, 6) is 0.432. The Balaban J connectivity index is 1.38. The third kappa shape index (κ3) is 4.92. The van der Waals surface area contributed by atoms with Gasteiger partial charge >= 0.3 is 12.0 Å². The van der Waals surface area contributed by atoms with Crippen molar-refractivity contribution in [3.8, 4) is 0 Å². The van der Waals surface area contributed by atoms with Crippen molar-refractivity contribution in [1.82, 2.24) is 15.6 Å². The molecule has 1 aromatic rings. The van der Waals surface area contributed by atoms with Gasteiger partial charge in [-0.2, -0.15) is 11.8 Å². The van der Waals surface area contributed by atoms with E-state index in [1.807, 2.05) is 11.8 Å². The number of aryl methyl sites for hydroxylation is 1. The lowest BCUT2D eigenvalue weighted by molar-refractivity contribution is -0.116. The second kappa shape index (κ2) is 8.92. The molecule has 3 rings (SSSR count). The van der Waals surface area contributed by atoms with Gasteiger partial charge in [-0.1, -0.05) is 17.8 Å². The molecule has 0 saturated carbocycles. The number of amides is 3. The van der Waals surface area contributed by atoms with Crippen molar-refractivity contribution in [3.05, 3.63) is 10.6 Å². The van der Waals surface area contributed by atoms with E-state index in [0.717, 1.165) is 36.4 Å². The Morgan fingerprint density at radius 3 is 2.93 bits per heavy atom. The number of carbonyl (C=O) groups is 3. The van der Waals surface area contributed by atoms with Crippen LogP contribution in [0, 0.1) is 6.92 Å². The summed E-state index contributed by atoms with van der Waals surface area (Å²) < 4.78 is 4.98. The molecule has 0 aliphatic carbocycles. The van der Waals surface area contributed by atoms with E-state index in [1.54, 1.807) is 13.8 Å². The molecule has 3 atom stereocenters. The van der Waals surface area contributed by atoms with Crippen LogP contribution in [0.3, 0.4) is 0 Å². The van der Waals surface area contributed by atoms with Crippen LogP contribution in [-0.2, 0) is 9.53 Å². The van der Waals surface area contributed by atoms with Gasteiger partial charge in [0.2, 0.25) is 5.91 Å². The summed E-state index contributed by atoms with van der Waals surface area (Å²) in [7, 11) is 0. The lowest BCUT2D eigenvalue weighted by Crippen LogP contribution is -2.36. The lowest BCUT2D eigenvalue weighted by Gasteiger charge is -2.16. The second-order valence-electron chi connectivity index (χ2n) is 6.57. The number of esters is 1. The molecule has 0 spiro atoms. The number of thioether (sulfide) groups is 1. The monoisotopic (exact) mass is 412 g/mol. The molecule has 2 aliphatic rings. The van der Waals surface area contributed by atoms with Gasteiger partial charge in [0.15, 0.2) is 5.13 Å². The fourth-order valence-electron chi connectivity index (χ4n) is 3.29. The molecule has 3 unspecified atom stereocenters. The highest BCUT2D eigenvalue weighted by Gasteiger charge is 2.42. The number of hydrogen-bond acceptors (Lipinski definition) is 7. The van der Waals surface area contributed by atoms with Crippen molar-refractivity contribution in [2.45, 2.75) is 56.9 Å². The van der Waals surface area contributed by atoms with Crippen LogP contribution in [0.25, 0.3) is 0 Å². The molecule has 148 valence electrons. The molecular formula is C17H24N4O4S2. The SMILES string of the molecule is CCOC(=O)c1sc(NC(=O)CCCCC2SCC3NC(=O)NC32)nc1C. The van der Waals surface area contributed by atoms with Gasteiger partial charge in [0.25, 0.3) is 0 Å². The van der Waals surface area contributed by atoms with Crippen molar-refractivity contribution in [2.75, 3.05) is 17.7 Å². The average Bonchev–Trinajstić information content (AvgIpc) is 3.26. The van der Waals surface area contributed by atoms with Crippen molar-refractivity contribution in [3.63, 3.8) is 0 Å². The number of unbranched alkanes of at least 4 members (excludes halogenated alkanes) is 1. The minimum Gasteiger partial charge on any atom is -0.462 e. The van der Waals surface area contributed by atoms with Gasteiger partial charge in [0.05, 0.1) is 24.4 Å². The van der Waals surface area contributed by atoms with E-state index in [4.69, 9.17) is 4.74 Å². The Labute approximate surface area is 166 Å². The Hall–Kier alpha value is -1.81. The predicted molar refractivity (Wildman–Crippen MR) is 105 cm³/mol. The Bertz CT molecular complexity index is 724. The molecule has 10 heteroatoms. The number of fused-ring (bicyclic) bond motifs is 1. The number of nitrogens with one attached hydrogen (secondary N) is 3. The van der Waals surface area contributed by atoms with E-state index in [2.05, 4.69) is 20.9 Å². The van der Waals surface area contributed by atoms with Gasteiger partial charge in [0, 0.05) is 17.4 Å². The fourth-order valence-corrected chi connectivity index (χ4v) is 5.71. The topological polar surface area (TPSA) is 109 Å². The Morgan fingerprint density at radius 1 is 1.33 bits per heavy atom.